The van der Waals surface area contributed by atoms with E-state index < -0.39 is 0 Å². The van der Waals surface area contributed by atoms with Crippen LogP contribution in [0.4, 0.5) is 4.39 Å². The Bertz CT molecular complexity index is 964. The molecule has 2 aromatic rings. The number of hydrogen-bond acceptors (Lipinski definition) is 4. The number of nitrogens with one attached hydrogen (secondary N) is 2. The Labute approximate surface area is 197 Å². The molecule has 8 heteroatoms. The molecular formula is C25H30FN3O3S. The highest BCUT2D eigenvalue weighted by Gasteiger charge is 2.33. The van der Waals surface area contributed by atoms with E-state index in [-0.39, 0.29) is 41.5 Å². The zero-order chi connectivity index (χ0) is 23.2. The van der Waals surface area contributed by atoms with Crippen molar-refractivity contribution in [2.75, 3.05) is 13.1 Å². The van der Waals surface area contributed by atoms with Crippen molar-refractivity contribution in [1.82, 2.24) is 15.5 Å². The Morgan fingerprint density at radius 3 is 2.39 bits per heavy atom. The van der Waals surface area contributed by atoms with E-state index in [0.29, 0.717) is 25.1 Å². The van der Waals surface area contributed by atoms with Gasteiger partial charge in [0.25, 0.3) is 5.91 Å². The molecular weight excluding hydrogens is 441 g/mol. The highest BCUT2D eigenvalue weighted by Crippen LogP contribution is 2.23. The molecule has 2 aliphatic rings. The summed E-state index contributed by atoms with van der Waals surface area (Å²) in [7, 11) is 0. The topological polar surface area (TPSA) is 78.5 Å². The molecule has 1 aromatic heterocycles. The predicted molar refractivity (Wildman–Crippen MR) is 125 cm³/mol. The van der Waals surface area contributed by atoms with Crippen LogP contribution in [0, 0.1) is 11.7 Å². The van der Waals surface area contributed by atoms with Gasteiger partial charge in [-0.05, 0) is 61.4 Å². The second-order valence-electron chi connectivity index (χ2n) is 8.92. The fraction of sp³-hybridized carbons (Fsp3) is 0.480. The van der Waals surface area contributed by atoms with Gasteiger partial charge in [0, 0.05) is 35.6 Å². The lowest BCUT2D eigenvalue weighted by molar-refractivity contribution is -0.135. The number of benzene rings is 1. The van der Waals surface area contributed by atoms with Crippen LogP contribution in [-0.2, 0) is 16.0 Å². The minimum absolute atomic E-state index is 0.0449. The molecule has 2 fully saturated rings. The number of nitrogens with zero attached hydrogens (tertiary/aromatic N) is 1. The van der Waals surface area contributed by atoms with Crippen LogP contribution in [0.3, 0.4) is 0 Å². The summed E-state index contributed by atoms with van der Waals surface area (Å²) >= 11 is 1.57. The van der Waals surface area contributed by atoms with Gasteiger partial charge in [0.2, 0.25) is 11.8 Å². The van der Waals surface area contributed by atoms with Crippen LogP contribution >= 0.6 is 11.3 Å². The summed E-state index contributed by atoms with van der Waals surface area (Å²) in [5, 5.41) is 8.15. The molecule has 1 saturated heterocycles. The molecule has 33 heavy (non-hydrogen) atoms. The van der Waals surface area contributed by atoms with Gasteiger partial charge < -0.3 is 15.5 Å². The van der Waals surface area contributed by atoms with Crippen LogP contribution in [-0.4, -0.2) is 47.8 Å². The first-order valence-corrected chi connectivity index (χ1v) is 12.5. The lowest BCUT2D eigenvalue weighted by Crippen LogP contribution is -2.55. The van der Waals surface area contributed by atoms with Gasteiger partial charge in [-0.1, -0.05) is 18.9 Å². The van der Waals surface area contributed by atoms with E-state index in [2.05, 4.69) is 10.6 Å². The first-order chi connectivity index (χ1) is 16.0. The number of piperidine rings is 1. The van der Waals surface area contributed by atoms with Gasteiger partial charge in [-0.25, -0.2) is 4.39 Å². The molecule has 1 aliphatic heterocycles. The van der Waals surface area contributed by atoms with E-state index in [1.807, 2.05) is 22.4 Å². The van der Waals surface area contributed by atoms with Crippen LogP contribution in [0.25, 0.3) is 0 Å². The number of carbonyl (C=O) groups is 3. The van der Waals surface area contributed by atoms with E-state index in [9.17, 15) is 18.8 Å². The Morgan fingerprint density at radius 2 is 1.70 bits per heavy atom. The van der Waals surface area contributed by atoms with Gasteiger partial charge >= 0.3 is 0 Å². The standard InChI is InChI=1S/C25H30FN3O3S/c26-19-11-9-17(10-12-19)24(31)27-21-7-1-2-8-22(21)28-25(32)18-5-3-13-29(16-18)23(30)15-20-6-4-14-33-20/h4,6,9-12,14,18,21-22H,1-3,5,7-8,13,15-16H2,(H,27,31)(H,28,32)/t18-,21-,22-/m1/s1. The second kappa shape index (κ2) is 10.9. The highest BCUT2D eigenvalue weighted by molar-refractivity contribution is 7.10. The van der Waals surface area contributed by atoms with Crippen molar-refractivity contribution in [1.29, 1.82) is 0 Å². The van der Waals surface area contributed by atoms with Crippen LogP contribution in [0.5, 0.6) is 0 Å². The van der Waals surface area contributed by atoms with Crippen LogP contribution < -0.4 is 10.6 Å². The summed E-state index contributed by atoms with van der Waals surface area (Å²) in [5.41, 5.74) is 0.402. The van der Waals surface area contributed by atoms with Gasteiger partial charge in [0.15, 0.2) is 0 Å². The number of thiophene rings is 1. The summed E-state index contributed by atoms with van der Waals surface area (Å²) < 4.78 is 13.2. The number of likely N-dealkylation sites (tertiary alicyclic amines) is 1. The molecule has 1 aromatic carbocycles. The largest absolute Gasteiger partial charge is 0.351 e. The lowest BCUT2D eigenvalue weighted by atomic mass is 9.88. The maximum absolute atomic E-state index is 13.2. The summed E-state index contributed by atoms with van der Waals surface area (Å²) in [4.78, 5) is 41.2. The molecule has 176 valence electrons. The highest BCUT2D eigenvalue weighted by atomic mass is 32.1. The number of rotatable bonds is 6. The molecule has 0 unspecified atom stereocenters. The second-order valence-corrected chi connectivity index (χ2v) is 9.95. The first kappa shape index (κ1) is 23.4. The minimum atomic E-state index is -0.384. The third-order valence-electron chi connectivity index (χ3n) is 6.57. The lowest BCUT2D eigenvalue weighted by Gasteiger charge is -2.36. The number of hydrogen-bond donors (Lipinski definition) is 2. The minimum Gasteiger partial charge on any atom is -0.351 e. The number of amides is 3. The molecule has 6 nitrogen and oxygen atoms in total. The normalized spacial score (nSPS) is 23.1. The third-order valence-corrected chi connectivity index (χ3v) is 7.44. The molecule has 2 N–H and O–H groups in total. The molecule has 0 bridgehead atoms. The summed E-state index contributed by atoms with van der Waals surface area (Å²) in [5.74, 6) is -0.857. The van der Waals surface area contributed by atoms with Crippen LogP contribution in [0.1, 0.15) is 53.8 Å². The van der Waals surface area contributed by atoms with Crippen molar-refractivity contribution >= 4 is 29.1 Å². The van der Waals surface area contributed by atoms with Gasteiger partial charge in [0.05, 0.1) is 12.3 Å². The van der Waals surface area contributed by atoms with Gasteiger partial charge in [-0.15, -0.1) is 11.3 Å². The fourth-order valence-corrected chi connectivity index (χ4v) is 5.42. The van der Waals surface area contributed by atoms with Gasteiger partial charge in [0.1, 0.15) is 5.82 Å². The van der Waals surface area contributed by atoms with E-state index >= 15 is 0 Å². The fourth-order valence-electron chi connectivity index (χ4n) is 4.72. The maximum atomic E-state index is 13.2. The Hall–Kier alpha value is -2.74. The third kappa shape index (κ3) is 6.19. The Morgan fingerprint density at radius 1 is 0.970 bits per heavy atom. The van der Waals surface area contributed by atoms with Crippen LogP contribution in [0.2, 0.25) is 0 Å². The molecule has 2 heterocycles. The zero-order valence-corrected chi connectivity index (χ0v) is 19.4. The molecule has 4 rings (SSSR count). The Kier molecular flexibility index (Phi) is 7.75. The molecule has 1 aliphatic carbocycles. The van der Waals surface area contributed by atoms with Crippen molar-refractivity contribution in [3.05, 3.63) is 58.0 Å². The zero-order valence-electron chi connectivity index (χ0n) is 18.6. The van der Waals surface area contributed by atoms with E-state index in [4.69, 9.17) is 0 Å². The quantitative estimate of drug-likeness (QED) is 0.677. The van der Waals surface area contributed by atoms with Crippen molar-refractivity contribution in [2.45, 2.75) is 57.0 Å². The average Bonchev–Trinajstić information content (AvgIpc) is 3.34. The maximum Gasteiger partial charge on any atom is 0.251 e. The first-order valence-electron chi connectivity index (χ1n) is 11.7. The van der Waals surface area contributed by atoms with E-state index in [0.717, 1.165) is 43.4 Å². The van der Waals surface area contributed by atoms with Crippen molar-refractivity contribution < 1.29 is 18.8 Å². The molecule has 0 spiro atoms. The summed E-state index contributed by atoms with van der Waals surface area (Å²) in [6.45, 7) is 1.13. The smallest absolute Gasteiger partial charge is 0.251 e. The SMILES string of the molecule is O=C(N[C@@H]1CCCC[C@H]1NC(=O)[C@@H]1CCCN(C(=O)Cc2cccs2)C1)c1ccc(F)cc1. The predicted octanol–water partition coefficient (Wildman–Crippen LogP) is 3.53. The summed E-state index contributed by atoms with van der Waals surface area (Å²) in [6, 6.07) is 9.05. The van der Waals surface area contributed by atoms with E-state index in [1.165, 1.54) is 24.3 Å². The van der Waals surface area contributed by atoms with Gasteiger partial charge in [-0.3, -0.25) is 14.4 Å². The molecule has 1 saturated carbocycles. The average molecular weight is 472 g/mol. The Balaban J connectivity index is 1.33. The monoisotopic (exact) mass is 471 g/mol. The van der Waals surface area contributed by atoms with Crippen molar-refractivity contribution in [3.8, 4) is 0 Å². The van der Waals surface area contributed by atoms with Crippen LogP contribution in [0.15, 0.2) is 41.8 Å². The van der Waals surface area contributed by atoms with Crippen molar-refractivity contribution in [3.63, 3.8) is 0 Å². The molecule has 3 amide bonds. The number of halogens is 1. The van der Waals surface area contributed by atoms with Gasteiger partial charge in [-0.2, -0.15) is 0 Å². The molecule has 3 atom stereocenters. The summed E-state index contributed by atoms with van der Waals surface area (Å²) in [6.07, 6.45) is 5.50. The molecule has 0 radical (unpaired) electrons. The van der Waals surface area contributed by atoms with E-state index in [1.54, 1.807) is 11.3 Å². The van der Waals surface area contributed by atoms with Crippen molar-refractivity contribution in [2.24, 2.45) is 5.92 Å². The number of carbonyl (C=O) groups excluding carboxylic acids is 3.